The summed E-state index contributed by atoms with van der Waals surface area (Å²) >= 11 is 0. The van der Waals surface area contributed by atoms with E-state index in [1.54, 1.807) is 13.0 Å². The molecule has 3 aromatic carbocycles. The van der Waals surface area contributed by atoms with E-state index in [0.717, 1.165) is 33.9 Å². The topological polar surface area (TPSA) is 65.7 Å². The predicted octanol–water partition coefficient (Wildman–Crippen LogP) is 8.42. The van der Waals surface area contributed by atoms with Gasteiger partial charge in [-0.25, -0.2) is 0 Å². The maximum Gasteiger partial charge on any atom is 0.306 e. The summed E-state index contributed by atoms with van der Waals surface area (Å²) in [6, 6.07) is 22.1. The average molecular weight is 531 g/mol. The van der Waals surface area contributed by atoms with E-state index in [2.05, 4.69) is 70.3 Å². The average Bonchev–Trinajstić information content (AvgIpc) is 3.24. The van der Waals surface area contributed by atoms with Crippen LogP contribution in [0.4, 0.5) is 0 Å². The van der Waals surface area contributed by atoms with Gasteiger partial charge in [0.25, 0.3) is 0 Å². The third-order valence-corrected chi connectivity index (χ3v) is 12.0. The highest BCUT2D eigenvalue weighted by molar-refractivity contribution is 6.74. The highest BCUT2D eigenvalue weighted by Gasteiger charge is 2.39. The number of ketones is 1. The number of rotatable bonds is 10. The van der Waals surface area contributed by atoms with Crippen LogP contribution >= 0.6 is 0 Å². The van der Waals surface area contributed by atoms with E-state index >= 15 is 0 Å². The molecule has 0 aliphatic rings. The quantitative estimate of drug-likeness (QED) is 0.117. The Labute approximate surface area is 226 Å². The van der Waals surface area contributed by atoms with Gasteiger partial charge in [0, 0.05) is 29.2 Å². The summed E-state index contributed by atoms with van der Waals surface area (Å²) in [5.41, 5.74) is 4.37. The maximum absolute atomic E-state index is 12.8. The number of fused-ring (bicyclic) bond motifs is 3. The lowest BCUT2D eigenvalue weighted by atomic mass is 9.99. The van der Waals surface area contributed by atoms with E-state index in [0.29, 0.717) is 12.2 Å². The van der Waals surface area contributed by atoms with E-state index in [4.69, 9.17) is 13.6 Å². The minimum Gasteiger partial charge on any atom is -0.466 e. The second-order valence-corrected chi connectivity index (χ2v) is 16.1. The Morgan fingerprint density at radius 2 is 1.55 bits per heavy atom. The minimum absolute atomic E-state index is 0.0763. The fourth-order valence-electron chi connectivity index (χ4n) is 4.35. The Hall–Kier alpha value is -3.22. The highest BCUT2D eigenvalue weighted by atomic mass is 28.4. The second kappa shape index (κ2) is 11.3. The highest BCUT2D eigenvalue weighted by Crippen LogP contribution is 2.41. The molecule has 38 heavy (non-hydrogen) atoms. The van der Waals surface area contributed by atoms with Crippen LogP contribution in [0, 0.1) is 0 Å². The second-order valence-electron chi connectivity index (χ2n) is 11.4. The first-order valence-electron chi connectivity index (χ1n) is 13.4. The van der Waals surface area contributed by atoms with Crippen LogP contribution in [0.3, 0.4) is 0 Å². The minimum atomic E-state index is -2.06. The van der Waals surface area contributed by atoms with Gasteiger partial charge in [-0.3, -0.25) is 9.59 Å². The monoisotopic (exact) mass is 530 g/mol. The summed E-state index contributed by atoms with van der Waals surface area (Å²) in [4.78, 5) is 24.5. The van der Waals surface area contributed by atoms with E-state index in [1.807, 2.05) is 24.3 Å². The standard InChI is InChI=1S/C32H38O5Si/c1-7-35-31(34)18-15-27(33)23-13-16-28-25(20-23)26-21-24(14-17-29(26)36-28)30(19-22-11-9-8-10-12-22)37-38(5,6)32(2,3)4/h8-14,16-17,20-21,30H,7,15,18-19H2,1-6H3. The van der Waals surface area contributed by atoms with Gasteiger partial charge in [-0.2, -0.15) is 0 Å². The molecule has 6 heteroatoms. The molecule has 1 unspecified atom stereocenters. The van der Waals surface area contributed by atoms with Crippen molar-refractivity contribution in [2.45, 2.75) is 71.2 Å². The van der Waals surface area contributed by atoms with E-state index in [-0.39, 0.29) is 35.7 Å². The number of benzene rings is 3. The first-order valence-corrected chi connectivity index (χ1v) is 16.3. The molecule has 0 amide bonds. The summed E-state index contributed by atoms with van der Waals surface area (Å²) in [5, 5.41) is 1.91. The number of Topliss-reactive ketones (excluding diaryl/α,β-unsaturated/α-hetero) is 1. The van der Waals surface area contributed by atoms with Gasteiger partial charge < -0.3 is 13.6 Å². The molecule has 5 nitrogen and oxygen atoms in total. The first-order chi connectivity index (χ1) is 18.0. The van der Waals surface area contributed by atoms with Crippen molar-refractivity contribution in [3.05, 3.63) is 83.4 Å². The van der Waals surface area contributed by atoms with Crippen molar-refractivity contribution in [3.8, 4) is 0 Å². The summed E-state index contributed by atoms with van der Waals surface area (Å²) in [6.07, 6.45) is 0.853. The number of esters is 1. The zero-order chi connectivity index (χ0) is 27.5. The Morgan fingerprint density at radius 1 is 0.895 bits per heavy atom. The van der Waals surface area contributed by atoms with Crippen molar-refractivity contribution >= 4 is 42.0 Å². The molecule has 4 rings (SSSR count). The lowest BCUT2D eigenvalue weighted by Crippen LogP contribution is -2.42. The molecule has 0 aliphatic carbocycles. The van der Waals surface area contributed by atoms with Crippen LogP contribution in [0.15, 0.2) is 71.1 Å². The van der Waals surface area contributed by atoms with Crippen LogP contribution in [0.2, 0.25) is 18.1 Å². The van der Waals surface area contributed by atoms with Crippen molar-refractivity contribution < 1.29 is 23.2 Å². The number of hydrogen-bond acceptors (Lipinski definition) is 5. The first kappa shape index (κ1) is 27.8. The van der Waals surface area contributed by atoms with Gasteiger partial charge in [0.15, 0.2) is 14.1 Å². The van der Waals surface area contributed by atoms with Gasteiger partial charge in [-0.1, -0.05) is 57.2 Å². The number of carbonyl (C=O) groups is 2. The largest absolute Gasteiger partial charge is 0.466 e. The molecule has 0 N–H and O–H groups in total. The van der Waals surface area contributed by atoms with E-state index < -0.39 is 8.32 Å². The van der Waals surface area contributed by atoms with Crippen LogP contribution < -0.4 is 0 Å². The summed E-state index contributed by atoms with van der Waals surface area (Å²) in [5.74, 6) is -0.444. The fourth-order valence-corrected chi connectivity index (χ4v) is 5.63. The summed E-state index contributed by atoms with van der Waals surface area (Å²) in [7, 11) is -2.06. The third-order valence-electron chi connectivity index (χ3n) is 7.56. The SMILES string of the molecule is CCOC(=O)CCC(=O)c1ccc2oc3ccc(C(Cc4ccccc4)O[Si](C)(C)C(C)(C)C)cc3c2c1. The molecule has 0 bridgehead atoms. The zero-order valence-corrected chi connectivity index (χ0v) is 24.3. The van der Waals surface area contributed by atoms with Gasteiger partial charge >= 0.3 is 5.97 Å². The smallest absolute Gasteiger partial charge is 0.306 e. The molecule has 0 spiro atoms. The van der Waals surface area contributed by atoms with Gasteiger partial charge in [-0.15, -0.1) is 0 Å². The molecule has 0 aliphatic heterocycles. The van der Waals surface area contributed by atoms with Crippen LogP contribution in [0.5, 0.6) is 0 Å². The number of carbonyl (C=O) groups excluding carboxylic acids is 2. The number of hydrogen-bond donors (Lipinski definition) is 0. The van der Waals surface area contributed by atoms with Gasteiger partial charge in [-0.05, 0) is 66.5 Å². The molecule has 1 aromatic heterocycles. The van der Waals surface area contributed by atoms with Crippen LogP contribution in [-0.4, -0.2) is 26.7 Å². The summed E-state index contributed by atoms with van der Waals surface area (Å²) < 4.78 is 18.0. The molecule has 1 atom stereocenters. The molecule has 0 radical (unpaired) electrons. The molecule has 0 saturated carbocycles. The molecular formula is C32H38O5Si. The Bertz CT molecular complexity index is 1430. The molecular weight excluding hydrogens is 492 g/mol. The molecule has 0 fully saturated rings. The van der Waals surface area contributed by atoms with Crippen LogP contribution in [-0.2, 0) is 20.4 Å². The summed E-state index contributed by atoms with van der Waals surface area (Å²) in [6.45, 7) is 13.4. The molecule has 4 aromatic rings. The van der Waals surface area contributed by atoms with Gasteiger partial charge in [0.2, 0.25) is 0 Å². The maximum atomic E-state index is 12.8. The van der Waals surface area contributed by atoms with Crippen LogP contribution in [0.25, 0.3) is 21.9 Å². The van der Waals surface area contributed by atoms with Gasteiger partial charge in [0.1, 0.15) is 11.2 Å². The molecule has 1 heterocycles. The van der Waals surface area contributed by atoms with Gasteiger partial charge in [0.05, 0.1) is 19.1 Å². The zero-order valence-electron chi connectivity index (χ0n) is 23.3. The molecule has 200 valence electrons. The van der Waals surface area contributed by atoms with E-state index in [9.17, 15) is 9.59 Å². The van der Waals surface area contributed by atoms with Crippen LogP contribution in [0.1, 0.15) is 68.1 Å². The lowest BCUT2D eigenvalue weighted by molar-refractivity contribution is -0.143. The predicted molar refractivity (Wildman–Crippen MR) is 155 cm³/mol. The Kier molecular flexibility index (Phi) is 8.24. The molecule has 0 saturated heterocycles. The van der Waals surface area contributed by atoms with Crippen molar-refractivity contribution in [1.29, 1.82) is 0 Å². The fraction of sp³-hybridized carbons (Fsp3) is 0.375. The Balaban J connectivity index is 1.70. The Morgan fingerprint density at radius 3 is 2.21 bits per heavy atom. The van der Waals surface area contributed by atoms with Crippen molar-refractivity contribution in [2.75, 3.05) is 6.61 Å². The van der Waals surface area contributed by atoms with Crippen molar-refractivity contribution in [2.24, 2.45) is 0 Å². The lowest BCUT2D eigenvalue weighted by Gasteiger charge is -2.39. The normalized spacial score (nSPS) is 13.1. The van der Waals surface area contributed by atoms with E-state index in [1.165, 1.54) is 5.56 Å². The van der Waals surface area contributed by atoms with Crippen molar-refractivity contribution in [3.63, 3.8) is 0 Å². The van der Waals surface area contributed by atoms with Crippen molar-refractivity contribution in [1.82, 2.24) is 0 Å². The number of ether oxygens (including phenoxy) is 1. The number of furan rings is 1. The third kappa shape index (κ3) is 6.25.